The molecule has 2 fully saturated rings. The molecule has 0 spiro atoms. The minimum absolute atomic E-state index is 0.805. The molecule has 4 heteroatoms. The number of oxazole rings is 1. The molecule has 2 heterocycles. The van der Waals surface area contributed by atoms with Gasteiger partial charge in [-0.2, -0.15) is 0 Å². The Hall–Kier alpha value is -0.480. The van der Waals surface area contributed by atoms with Gasteiger partial charge in [-0.15, -0.1) is 0 Å². The van der Waals surface area contributed by atoms with E-state index in [0.717, 1.165) is 22.8 Å². The van der Waals surface area contributed by atoms with Crippen molar-refractivity contribution in [3.63, 3.8) is 0 Å². The van der Waals surface area contributed by atoms with E-state index in [0.29, 0.717) is 0 Å². The quantitative estimate of drug-likeness (QED) is 0.566. The molecular weight excluding hydrogens is 208 g/mol. The Morgan fingerprint density at radius 3 is 3.07 bits per heavy atom. The molecule has 1 aliphatic heterocycles. The minimum atomic E-state index is 0.805. The lowest BCUT2D eigenvalue weighted by atomic mass is 10.4. The van der Waals surface area contributed by atoms with E-state index in [1.807, 2.05) is 0 Å². The molecule has 3 rings (SSSR count). The van der Waals surface area contributed by atoms with Crippen molar-refractivity contribution >= 4 is 11.8 Å². The number of piperidine rings is 1. The van der Waals surface area contributed by atoms with E-state index in [1.165, 1.54) is 32.5 Å². The van der Waals surface area contributed by atoms with Crippen LogP contribution >= 0.6 is 11.8 Å². The molecule has 1 saturated carbocycles. The fourth-order valence-electron chi connectivity index (χ4n) is 2.41. The second-order valence-corrected chi connectivity index (χ2v) is 5.56. The third-order valence-electron chi connectivity index (χ3n) is 3.31. The normalized spacial score (nSPS) is 29.3. The van der Waals surface area contributed by atoms with Gasteiger partial charge in [-0.25, -0.2) is 4.98 Å². The van der Waals surface area contributed by atoms with Gasteiger partial charge in [0.1, 0.15) is 6.26 Å². The fraction of sp³-hybridized carbons (Fsp3) is 0.727. The Labute approximate surface area is 94.2 Å². The number of hydrogen-bond acceptors (Lipinski definition) is 4. The Morgan fingerprint density at radius 1 is 1.47 bits per heavy atom. The van der Waals surface area contributed by atoms with Crippen LogP contribution in [0.1, 0.15) is 12.8 Å². The maximum absolute atomic E-state index is 5.17. The SMILES string of the molecule is c1coc(SCCCN2CC3CC3C2)n1. The first kappa shape index (κ1) is 9.73. The third-order valence-corrected chi connectivity index (χ3v) is 4.25. The van der Waals surface area contributed by atoms with E-state index < -0.39 is 0 Å². The second kappa shape index (κ2) is 4.18. The topological polar surface area (TPSA) is 29.3 Å². The van der Waals surface area contributed by atoms with Crippen LogP contribution in [0.3, 0.4) is 0 Å². The molecular formula is C11H16N2OS. The van der Waals surface area contributed by atoms with Gasteiger partial charge in [0.15, 0.2) is 0 Å². The van der Waals surface area contributed by atoms with Crippen molar-refractivity contribution in [3.8, 4) is 0 Å². The number of likely N-dealkylation sites (tertiary alicyclic amines) is 1. The van der Waals surface area contributed by atoms with Crippen LogP contribution in [0.4, 0.5) is 0 Å². The lowest BCUT2D eigenvalue weighted by Crippen LogP contribution is -2.24. The summed E-state index contributed by atoms with van der Waals surface area (Å²) in [5.41, 5.74) is 0. The van der Waals surface area contributed by atoms with Crippen molar-refractivity contribution in [2.75, 3.05) is 25.4 Å². The first-order valence-electron chi connectivity index (χ1n) is 5.66. The zero-order valence-corrected chi connectivity index (χ0v) is 9.58. The van der Waals surface area contributed by atoms with Gasteiger partial charge in [-0.1, -0.05) is 11.8 Å². The van der Waals surface area contributed by atoms with Crippen LogP contribution in [0.5, 0.6) is 0 Å². The third kappa shape index (κ3) is 2.37. The second-order valence-electron chi connectivity index (χ2n) is 4.52. The van der Waals surface area contributed by atoms with Gasteiger partial charge < -0.3 is 9.32 Å². The molecule has 2 unspecified atom stereocenters. The standard InChI is InChI=1S/C11H16N2OS/c1(5-15-11-12-2-4-14-11)3-13-7-9-6-10(9)8-13/h2,4,9-10H,1,3,5-8H2. The highest BCUT2D eigenvalue weighted by atomic mass is 32.2. The molecule has 0 N–H and O–H groups in total. The Morgan fingerprint density at radius 2 is 2.33 bits per heavy atom. The van der Waals surface area contributed by atoms with E-state index in [-0.39, 0.29) is 0 Å². The lowest BCUT2D eigenvalue weighted by molar-refractivity contribution is 0.306. The molecule has 0 amide bonds. The predicted molar refractivity (Wildman–Crippen MR) is 59.9 cm³/mol. The average Bonchev–Trinajstić information content (AvgIpc) is 2.73. The summed E-state index contributed by atoms with van der Waals surface area (Å²) in [4.78, 5) is 6.69. The molecule has 2 atom stereocenters. The van der Waals surface area contributed by atoms with Crippen LogP contribution < -0.4 is 0 Å². The molecule has 1 saturated heterocycles. The van der Waals surface area contributed by atoms with E-state index >= 15 is 0 Å². The van der Waals surface area contributed by atoms with Crippen LogP contribution in [0.15, 0.2) is 22.1 Å². The summed E-state index contributed by atoms with van der Waals surface area (Å²) < 4.78 is 5.17. The van der Waals surface area contributed by atoms with Crippen LogP contribution in [-0.2, 0) is 0 Å². The largest absolute Gasteiger partial charge is 0.440 e. The molecule has 82 valence electrons. The molecule has 1 aliphatic carbocycles. The van der Waals surface area contributed by atoms with Gasteiger partial charge in [0.25, 0.3) is 5.22 Å². The molecule has 15 heavy (non-hydrogen) atoms. The Kier molecular flexibility index (Phi) is 2.71. The molecule has 1 aromatic rings. The molecule has 0 aromatic carbocycles. The summed E-state index contributed by atoms with van der Waals surface area (Å²) in [6.45, 7) is 3.96. The number of rotatable bonds is 5. The summed E-state index contributed by atoms with van der Waals surface area (Å²) in [6, 6.07) is 0. The highest BCUT2D eigenvalue weighted by Crippen LogP contribution is 2.44. The highest BCUT2D eigenvalue weighted by Gasteiger charge is 2.44. The summed E-state index contributed by atoms with van der Waals surface area (Å²) in [5.74, 6) is 3.24. The van der Waals surface area contributed by atoms with E-state index in [2.05, 4.69) is 9.88 Å². The zero-order valence-electron chi connectivity index (χ0n) is 8.76. The van der Waals surface area contributed by atoms with Gasteiger partial charge in [0.05, 0.1) is 6.20 Å². The van der Waals surface area contributed by atoms with E-state index in [1.54, 1.807) is 24.2 Å². The van der Waals surface area contributed by atoms with Crippen molar-refractivity contribution in [3.05, 3.63) is 12.5 Å². The predicted octanol–water partition coefficient (Wildman–Crippen LogP) is 2.11. The van der Waals surface area contributed by atoms with Crippen molar-refractivity contribution in [2.24, 2.45) is 11.8 Å². The Bertz CT molecular complexity index is 304. The van der Waals surface area contributed by atoms with Crippen LogP contribution in [-0.4, -0.2) is 35.3 Å². The number of nitrogens with zero attached hydrogens (tertiary/aromatic N) is 2. The van der Waals surface area contributed by atoms with Gasteiger partial charge in [-0.3, -0.25) is 0 Å². The van der Waals surface area contributed by atoms with Gasteiger partial charge >= 0.3 is 0 Å². The number of thioether (sulfide) groups is 1. The fourth-order valence-corrected chi connectivity index (χ4v) is 3.11. The van der Waals surface area contributed by atoms with Crippen molar-refractivity contribution in [1.82, 2.24) is 9.88 Å². The summed E-state index contributed by atoms with van der Waals surface area (Å²) in [5, 5.41) is 0.805. The minimum Gasteiger partial charge on any atom is -0.440 e. The van der Waals surface area contributed by atoms with Crippen molar-refractivity contribution in [2.45, 2.75) is 18.1 Å². The first-order valence-corrected chi connectivity index (χ1v) is 6.65. The van der Waals surface area contributed by atoms with E-state index in [9.17, 15) is 0 Å². The molecule has 3 nitrogen and oxygen atoms in total. The average molecular weight is 224 g/mol. The summed E-state index contributed by atoms with van der Waals surface area (Å²) >= 11 is 1.72. The lowest BCUT2D eigenvalue weighted by Gasteiger charge is -2.16. The molecule has 2 aliphatic rings. The van der Waals surface area contributed by atoms with E-state index in [4.69, 9.17) is 4.42 Å². The zero-order chi connectivity index (χ0) is 10.1. The molecule has 0 bridgehead atoms. The van der Waals surface area contributed by atoms with Gasteiger partial charge in [0, 0.05) is 18.8 Å². The smallest absolute Gasteiger partial charge is 0.255 e. The maximum atomic E-state index is 5.17. The van der Waals surface area contributed by atoms with Gasteiger partial charge in [0.2, 0.25) is 0 Å². The summed E-state index contributed by atoms with van der Waals surface area (Å²) in [7, 11) is 0. The van der Waals surface area contributed by atoms with Crippen LogP contribution in [0.2, 0.25) is 0 Å². The van der Waals surface area contributed by atoms with Crippen molar-refractivity contribution in [1.29, 1.82) is 0 Å². The Balaban J connectivity index is 1.30. The van der Waals surface area contributed by atoms with Crippen LogP contribution in [0, 0.1) is 11.8 Å². The number of fused-ring (bicyclic) bond motifs is 1. The maximum Gasteiger partial charge on any atom is 0.255 e. The molecule has 0 radical (unpaired) electrons. The number of aromatic nitrogens is 1. The number of hydrogen-bond donors (Lipinski definition) is 0. The first-order chi connectivity index (χ1) is 7.42. The molecule has 1 aromatic heterocycles. The van der Waals surface area contributed by atoms with Crippen LogP contribution in [0.25, 0.3) is 0 Å². The highest BCUT2D eigenvalue weighted by molar-refractivity contribution is 7.99. The van der Waals surface area contributed by atoms with Gasteiger partial charge in [-0.05, 0) is 31.2 Å². The monoisotopic (exact) mass is 224 g/mol. The van der Waals surface area contributed by atoms with Crippen molar-refractivity contribution < 1.29 is 4.42 Å². The summed E-state index contributed by atoms with van der Waals surface area (Å²) in [6.07, 6.45) is 6.08.